The lowest BCUT2D eigenvalue weighted by molar-refractivity contribution is 0.263. The van der Waals surface area contributed by atoms with Gasteiger partial charge in [-0.25, -0.2) is 8.42 Å². The molecule has 1 aromatic carbocycles. The second-order valence-corrected chi connectivity index (χ2v) is 8.13. The van der Waals surface area contributed by atoms with Crippen LogP contribution in [-0.4, -0.2) is 56.0 Å². The van der Waals surface area contributed by atoms with Crippen LogP contribution in [0.3, 0.4) is 0 Å². The lowest BCUT2D eigenvalue weighted by atomic mass is 10.3. The van der Waals surface area contributed by atoms with Gasteiger partial charge in [0, 0.05) is 26.2 Å². The Bertz CT molecular complexity index is 827. The number of piperazine rings is 1. The van der Waals surface area contributed by atoms with E-state index in [1.54, 1.807) is 37.6 Å². The zero-order chi connectivity index (χ0) is 18.6. The van der Waals surface area contributed by atoms with Gasteiger partial charge in [0.15, 0.2) is 5.11 Å². The Morgan fingerprint density at radius 1 is 1.19 bits per heavy atom. The first-order valence-corrected chi connectivity index (χ1v) is 10.0. The monoisotopic (exact) mass is 395 g/mol. The molecule has 0 spiro atoms. The van der Waals surface area contributed by atoms with E-state index >= 15 is 0 Å². The predicted molar refractivity (Wildman–Crippen MR) is 101 cm³/mol. The van der Waals surface area contributed by atoms with Crippen LogP contribution in [0, 0.1) is 0 Å². The molecule has 0 unspecified atom stereocenters. The summed E-state index contributed by atoms with van der Waals surface area (Å²) in [5.74, 6) is 1.43. The van der Waals surface area contributed by atoms with Crippen LogP contribution in [0.15, 0.2) is 52.0 Å². The number of rotatable bonds is 5. The highest BCUT2D eigenvalue weighted by atomic mass is 32.2. The van der Waals surface area contributed by atoms with Crippen molar-refractivity contribution in [1.29, 1.82) is 0 Å². The summed E-state index contributed by atoms with van der Waals surface area (Å²) >= 11 is 5.39. The number of nitrogens with zero attached hydrogens (tertiary/aromatic N) is 2. The Balaban J connectivity index is 1.55. The third kappa shape index (κ3) is 4.17. The summed E-state index contributed by atoms with van der Waals surface area (Å²) in [6, 6.07) is 10.1. The van der Waals surface area contributed by atoms with E-state index in [0.29, 0.717) is 43.6 Å². The molecule has 7 nitrogen and oxygen atoms in total. The number of hydrogen-bond donors (Lipinski definition) is 1. The number of methoxy groups -OCH3 is 1. The van der Waals surface area contributed by atoms with Gasteiger partial charge in [-0.15, -0.1) is 0 Å². The number of hydrogen-bond acceptors (Lipinski definition) is 5. The van der Waals surface area contributed by atoms with E-state index in [9.17, 15) is 8.42 Å². The highest BCUT2D eigenvalue weighted by Crippen LogP contribution is 2.20. The van der Waals surface area contributed by atoms with Crippen molar-refractivity contribution >= 4 is 27.4 Å². The Morgan fingerprint density at radius 3 is 2.46 bits per heavy atom. The summed E-state index contributed by atoms with van der Waals surface area (Å²) in [4.78, 5) is 2.24. The molecule has 0 amide bonds. The zero-order valence-electron chi connectivity index (χ0n) is 14.4. The van der Waals surface area contributed by atoms with E-state index < -0.39 is 10.0 Å². The average Bonchev–Trinajstić information content (AvgIpc) is 3.20. The Morgan fingerprint density at radius 2 is 1.88 bits per heavy atom. The summed E-state index contributed by atoms with van der Waals surface area (Å²) in [6.07, 6.45) is 1.61. The molecule has 2 aromatic rings. The van der Waals surface area contributed by atoms with Crippen molar-refractivity contribution in [2.75, 3.05) is 33.3 Å². The quantitative estimate of drug-likeness (QED) is 0.772. The molecule has 9 heteroatoms. The van der Waals surface area contributed by atoms with E-state index in [1.807, 2.05) is 17.0 Å². The first-order valence-electron chi connectivity index (χ1n) is 8.20. The standard InChI is InChI=1S/C17H21N3O4S2/c1-23-14-4-6-16(7-5-14)26(21,22)20-10-8-19(9-11-20)17(25)18-13-15-3-2-12-24-15/h2-7,12H,8-11,13H2,1H3,(H,18,25). The Hall–Kier alpha value is -2.10. The van der Waals surface area contributed by atoms with Gasteiger partial charge >= 0.3 is 0 Å². The van der Waals surface area contributed by atoms with Gasteiger partial charge in [0.1, 0.15) is 11.5 Å². The molecule has 0 aliphatic carbocycles. The van der Waals surface area contributed by atoms with Crippen molar-refractivity contribution in [2.45, 2.75) is 11.4 Å². The van der Waals surface area contributed by atoms with Crippen molar-refractivity contribution < 1.29 is 17.6 Å². The van der Waals surface area contributed by atoms with E-state index in [4.69, 9.17) is 21.4 Å². The lowest BCUT2D eigenvalue weighted by Gasteiger charge is -2.35. The summed E-state index contributed by atoms with van der Waals surface area (Å²) in [5, 5.41) is 3.73. The fourth-order valence-corrected chi connectivity index (χ4v) is 4.39. The normalized spacial score (nSPS) is 15.7. The van der Waals surface area contributed by atoms with Crippen LogP contribution in [0.5, 0.6) is 5.75 Å². The minimum atomic E-state index is -3.51. The minimum absolute atomic E-state index is 0.269. The molecule has 1 aromatic heterocycles. The molecular formula is C17H21N3O4S2. The van der Waals surface area contributed by atoms with E-state index in [2.05, 4.69) is 5.32 Å². The van der Waals surface area contributed by atoms with Gasteiger partial charge in [0.25, 0.3) is 0 Å². The third-order valence-electron chi connectivity index (χ3n) is 4.22. The maximum absolute atomic E-state index is 12.8. The van der Waals surface area contributed by atoms with Crippen LogP contribution in [0.4, 0.5) is 0 Å². The number of benzene rings is 1. The molecule has 1 N–H and O–H groups in total. The fourth-order valence-electron chi connectivity index (χ4n) is 2.72. The fraction of sp³-hybridized carbons (Fsp3) is 0.353. The van der Waals surface area contributed by atoms with Gasteiger partial charge in [0.05, 0.1) is 24.8 Å². The first kappa shape index (κ1) is 18.7. The van der Waals surface area contributed by atoms with Crippen molar-refractivity contribution in [3.05, 3.63) is 48.4 Å². The summed E-state index contributed by atoms with van der Waals surface area (Å²) in [6.45, 7) is 2.36. The predicted octanol–water partition coefficient (Wildman–Crippen LogP) is 1.67. The number of ether oxygens (including phenoxy) is 1. The maximum Gasteiger partial charge on any atom is 0.243 e. The molecular weight excluding hydrogens is 374 g/mol. The van der Waals surface area contributed by atoms with Crippen LogP contribution in [0.1, 0.15) is 5.76 Å². The lowest BCUT2D eigenvalue weighted by Crippen LogP contribution is -2.52. The van der Waals surface area contributed by atoms with Crippen LogP contribution < -0.4 is 10.1 Å². The van der Waals surface area contributed by atoms with Crippen molar-refractivity contribution in [1.82, 2.24) is 14.5 Å². The molecule has 1 aliphatic rings. The largest absolute Gasteiger partial charge is 0.497 e. The minimum Gasteiger partial charge on any atom is -0.497 e. The SMILES string of the molecule is COc1ccc(S(=O)(=O)N2CCN(C(=S)NCc3ccco3)CC2)cc1. The van der Waals surface area contributed by atoms with Crippen LogP contribution in [0.2, 0.25) is 0 Å². The second-order valence-electron chi connectivity index (χ2n) is 5.80. The summed E-state index contributed by atoms with van der Waals surface area (Å²) < 4.78 is 37.3. The molecule has 0 atom stereocenters. The van der Waals surface area contributed by atoms with Crippen LogP contribution in [0.25, 0.3) is 0 Å². The third-order valence-corrected chi connectivity index (χ3v) is 6.53. The summed E-state index contributed by atoms with van der Waals surface area (Å²) in [5.41, 5.74) is 0. The van der Waals surface area contributed by atoms with Gasteiger partial charge in [-0.2, -0.15) is 4.31 Å². The average molecular weight is 396 g/mol. The van der Waals surface area contributed by atoms with Gasteiger partial charge in [0.2, 0.25) is 10.0 Å². The van der Waals surface area contributed by atoms with Crippen molar-refractivity contribution in [2.24, 2.45) is 0 Å². The molecule has 1 fully saturated rings. The smallest absolute Gasteiger partial charge is 0.243 e. The van der Waals surface area contributed by atoms with E-state index in [-0.39, 0.29) is 4.90 Å². The summed E-state index contributed by atoms with van der Waals surface area (Å²) in [7, 11) is -1.96. The maximum atomic E-state index is 12.8. The Labute approximate surface area is 158 Å². The molecule has 1 saturated heterocycles. The second kappa shape index (κ2) is 8.07. The molecule has 2 heterocycles. The molecule has 26 heavy (non-hydrogen) atoms. The number of furan rings is 1. The van der Waals surface area contributed by atoms with Gasteiger partial charge in [-0.3, -0.25) is 0 Å². The van der Waals surface area contributed by atoms with Gasteiger partial charge in [-0.1, -0.05) is 0 Å². The highest BCUT2D eigenvalue weighted by molar-refractivity contribution is 7.89. The van der Waals surface area contributed by atoms with E-state index in [1.165, 1.54) is 4.31 Å². The number of thiocarbonyl (C=S) groups is 1. The molecule has 3 rings (SSSR count). The Kier molecular flexibility index (Phi) is 5.80. The topological polar surface area (TPSA) is 75.0 Å². The molecule has 0 saturated carbocycles. The highest BCUT2D eigenvalue weighted by Gasteiger charge is 2.29. The molecule has 0 radical (unpaired) electrons. The molecule has 1 aliphatic heterocycles. The number of nitrogens with one attached hydrogen (secondary N) is 1. The van der Waals surface area contributed by atoms with Crippen LogP contribution >= 0.6 is 12.2 Å². The van der Waals surface area contributed by atoms with E-state index in [0.717, 1.165) is 5.76 Å². The van der Waals surface area contributed by atoms with Crippen molar-refractivity contribution in [3.8, 4) is 5.75 Å². The zero-order valence-corrected chi connectivity index (χ0v) is 16.1. The number of sulfonamides is 1. The molecule has 140 valence electrons. The molecule has 0 bridgehead atoms. The van der Waals surface area contributed by atoms with Gasteiger partial charge in [-0.05, 0) is 48.6 Å². The van der Waals surface area contributed by atoms with Gasteiger partial charge < -0.3 is 19.4 Å². The van der Waals surface area contributed by atoms with Crippen molar-refractivity contribution in [3.63, 3.8) is 0 Å². The first-order chi connectivity index (χ1) is 12.5. The van der Waals surface area contributed by atoms with Crippen LogP contribution in [-0.2, 0) is 16.6 Å².